The van der Waals surface area contributed by atoms with E-state index in [0.29, 0.717) is 11.4 Å². The second-order valence-electron chi connectivity index (χ2n) is 7.70. The van der Waals surface area contributed by atoms with Gasteiger partial charge in [-0.15, -0.1) is 0 Å². The molecule has 0 radical (unpaired) electrons. The van der Waals surface area contributed by atoms with Gasteiger partial charge in [0, 0.05) is 5.56 Å². The van der Waals surface area contributed by atoms with Crippen LogP contribution in [0.3, 0.4) is 0 Å². The number of carbonyl (C=O) groups is 3. The van der Waals surface area contributed by atoms with E-state index >= 15 is 0 Å². The van der Waals surface area contributed by atoms with Gasteiger partial charge < -0.3 is 0 Å². The minimum Gasteiger partial charge on any atom is -0.274 e. The van der Waals surface area contributed by atoms with Crippen molar-refractivity contribution in [3.05, 3.63) is 65.5 Å². The summed E-state index contributed by atoms with van der Waals surface area (Å²) in [6.45, 7) is 1.72. The number of rotatable bonds is 4. The van der Waals surface area contributed by atoms with Gasteiger partial charge in [-0.1, -0.05) is 31.0 Å². The maximum atomic E-state index is 13.2. The lowest BCUT2D eigenvalue weighted by molar-refractivity contribution is -0.122. The van der Waals surface area contributed by atoms with Gasteiger partial charge in [-0.05, 0) is 55.7 Å². The van der Waals surface area contributed by atoms with Crippen molar-refractivity contribution in [3.63, 3.8) is 0 Å². The summed E-state index contributed by atoms with van der Waals surface area (Å²) in [6.07, 6.45) is 3.54. The summed E-state index contributed by atoms with van der Waals surface area (Å²) in [5.41, 5.74) is 4.41. The number of nitrogens with zero attached hydrogens (tertiary/aromatic N) is 2. The van der Waals surface area contributed by atoms with Crippen LogP contribution in [0.15, 0.2) is 53.6 Å². The number of halogens is 1. The molecule has 2 aromatic carbocycles. The Hall–Kier alpha value is -3.35. The molecule has 154 valence electrons. The zero-order valence-corrected chi connectivity index (χ0v) is 16.6. The number of fused-ring (bicyclic) bond motifs is 1. The van der Waals surface area contributed by atoms with E-state index in [-0.39, 0.29) is 29.2 Å². The topological polar surface area (TPSA) is 78.8 Å². The molecule has 0 spiro atoms. The number of hydrazone groups is 1. The summed E-state index contributed by atoms with van der Waals surface area (Å²) >= 11 is 0. The normalized spacial score (nSPS) is 21.5. The van der Waals surface area contributed by atoms with Gasteiger partial charge in [-0.2, -0.15) is 5.10 Å². The highest BCUT2D eigenvalue weighted by Crippen LogP contribution is 2.40. The Balaban J connectivity index is 1.46. The van der Waals surface area contributed by atoms with Gasteiger partial charge in [-0.25, -0.2) is 9.82 Å². The molecular formula is C23H22FN3O3. The minimum absolute atomic E-state index is 0.106. The smallest absolute Gasteiger partial charge is 0.271 e. The minimum atomic E-state index is -0.513. The number of amides is 3. The summed E-state index contributed by atoms with van der Waals surface area (Å²) in [5.74, 6) is -1.60. The fourth-order valence-corrected chi connectivity index (χ4v) is 4.16. The van der Waals surface area contributed by atoms with Crippen LogP contribution in [0.1, 0.15) is 48.5 Å². The van der Waals surface area contributed by atoms with Crippen LogP contribution in [-0.2, 0) is 9.59 Å². The first-order chi connectivity index (χ1) is 14.5. The monoisotopic (exact) mass is 407 g/mol. The van der Waals surface area contributed by atoms with Crippen LogP contribution in [0.5, 0.6) is 0 Å². The van der Waals surface area contributed by atoms with Crippen LogP contribution in [0.25, 0.3) is 0 Å². The third-order valence-electron chi connectivity index (χ3n) is 5.80. The molecule has 2 atom stereocenters. The standard InChI is InChI=1S/C23H22FN3O3/c1-14(25-26-21(28)16-5-4-6-17(24)13-16)15-9-11-18(12-10-15)27-22(29)19-7-2-3-8-20(19)23(27)30/h4-6,9-13,19-20H,2-3,7-8H2,1H3,(H,26,28)/b25-14-/t19-,20-/m0/s1. The number of imide groups is 1. The number of anilines is 1. The van der Waals surface area contributed by atoms with Gasteiger partial charge in [0.2, 0.25) is 11.8 Å². The Morgan fingerprint density at radius 2 is 1.63 bits per heavy atom. The van der Waals surface area contributed by atoms with Crippen molar-refractivity contribution in [1.82, 2.24) is 5.43 Å². The molecule has 0 unspecified atom stereocenters. The van der Waals surface area contributed by atoms with Crippen molar-refractivity contribution < 1.29 is 18.8 Å². The molecule has 2 fully saturated rings. The lowest BCUT2D eigenvalue weighted by Gasteiger charge is -2.19. The lowest BCUT2D eigenvalue weighted by Crippen LogP contribution is -2.30. The van der Waals surface area contributed by atoms with E-state index in [1.54, 1.807) is 31.2 Å². The Morgan fingerprint density at radius 3 is 2.23 bits per heavy atom. The molecule has 30 heavy (non-hydrogen) atoms. The molecule has 0 aromatic heterocycles. The molecule has 6 nitrogen and oxygen atoms in total. The Morgan fingerprint density at radius 1 is 1.00 bits per heavy atom. The molecule has 1 saturated carbocycles. The van der Waals surface area contributed by atoms with Gasteiger partial charge in [0.1, 0.15) is 5.82 Å². The predicted molar refractivity (Wildman–Crippen MR) is 110 cm³/mol. The zero-order chi connectivity index (χ0) is 21.3. The first-order valence-electron chi connectivity index (χ1n) is 10.0. The van der Waals surface area contributed by atoms with Crippen LogP contribution in [-0.4, -0.2) is 23.4 Å². The maximum absolute atomic E-state index is 13.2. The highest BCUT2D eigenvalue weighted by molar-refractivity contribution is 6.22. The summed E-state index contributed by atoms with van der Waals surface area (Å²) in [6, 6.07) is 12.3. The number of hydrogen-bond donors (Lipinski definition) is 1. The molecule has 2 aliphatic rings. The summed E-state index contributed by atoms with van der Waals surface area (Å²) in [5, 5.41) is 4.06. The highest BCUT2D eigenvalue weighted by Gasteiger charge is 2.48. The molecule has 1 N–H and O–H groups in total. The van der Waals surface area contributed by atoms with Gasteiger partial charge in [-0.3, -0.25) is 19.3 Å². The van der Waals surface area contributed by atoms with E-state index in [2.05, 4.69) is 10.5 Å². The molecule has 0 bridgehead atoms. The number of hydrogen-bond acceptors (Lipinski definition) is 4. The molecule has 1 aliphatic carbocycles. The van der Waals surface area contributed by atoms with Crippen molar-refractivity contribution in [3.8, 4) is 0 Å². The van der Waals surface area contributed by atoms with E-state index in [1.807, 2.05) is 0 Å². The summed E-state index contributed by atoms with van der Waals surface area (Å²) in [4.78, 5) is 38.8. The Labute approximate surface area is 173 Å². The van der Waals surface area contributed by atoms with Crippen molar-refractivity contribution in [2.45, 2.75) is 32.6 Å². The predicted octanol–water partition coefficient (Wildman–Crippen LogP) is 3.66. The third-order valence-corrected chi connectivity index (χ3v) is 5.80. The third kappa shape index (κ3) is 3.75. The van der Waals surface area contributed by atoms with Crippen LogP contribution in [0, 0.1) is 17.7 Å². The molecule has 3 amide bonds. The van der Waals surface area contributed by atoms with Crippen LogP contribution < -0.4 is 10.3 Å². The summed E-state index contributed by atoms with van der Waals surface area (Å²) < 4.78 is 13.2. The first-order valence-corrected chi connectivity index (χ1v) is 10.0. The van der Waals surface area contributed by atoms with E-state index in [0.717, 1.165) is 37.3 Å². The first kappa shape index (κ1) is 19.9. The van der Waals surface area contributed by atoms with E-state index < -0.39 is 11.7 Å². The average Bonchev–Trinajstić information content (AvgIpc) is 3.02. The van der Waals surface area contributed by atoms with Crippen LogP contribution >= 0.6 is 0 Å². The number of nitrogens with one attached hydrogen (secondary N) is 1. The number of benzene rings is 2. The molecule has 1 saturated heterocycles. The van der Waals surface area contributed by atoms with Gasteiger partial charge in [0.05, 0.1) is 23.2 Å². The second kappa shape index (κ2) is 8.18. The molecule has 2 aromatic rings. The quantitative estimate of drug-likeness (QED) is 0.477. The van der Waals surface area contributed by atoms with Gasteiger partial charge >= 0.3 is 0 Å². The molecule has 1 heterocycles. The molecular weight excluding hydrogens is 385 g/mol. The number of carbonyl (C=O) groups excluding carboxylic acids is 3. The Kier molecular flexibility index (Phi) is 5.44. The second-order valence-corrected chi connectivity index (χ2v) is 7.70. The SMILES string of the molecule is C/C(=N/NC(=O)c1cccc(F)c1)c1ccc(N2C(=O)[C@H]3CCCC[C@@H]3C2=O)cc1. The van der Waals surface area contributed by atoms with Crippen LogP contribution in [0.4, 0.5) is 10.1 Å². The fraction of sp³-hybridized carbons (Fsp3) is 0.304. The molecule has 1 aliphatic heterocycles. The zero-order valence-electron chi connectivity index (χ0n) is 16.6. The van der Waals surface area contributed by atoms with Crippen molar-refractivity contribution >= 4 is 29.1 Å². The largest absolute Gasteiger partial charge is 0.274 e. The van der Waals surface area contributed by atoms with Gasteiger partial charge in [0.15, 0.2) is 0 Å². The van der Waals surface area contributed by atoms with Crippen molar-refractivity contribution in [2.24, 2.45) is 16.9 Å². The van der Waals surface area contributed by atoms with Crippen molar-refractivity contribution in [2.75, 3.05) is 4.90 Å². The summed E-state index contributed by atoms with van der Waals surface area (Å²) in [7, 11) is 0. The van der Waals surface area contributed by atoms with Crippen molar-refractivity contribution in [1.29, 1.82) is 0 Å². The lowest BCUT2D eigenvalue weighted by atomic mass is 9.81. The van der Waals surface area contributed by atoms with Gasteiger partial charge in [0.25, 0.3) is 5.91 Å². The van der Waals surface area contributed by atoms with E-state index in [1.165, 1.54) is 23.1 Å². The van der Waals surface area contributed by atoms with E-state index in [9.17, 15) is 18.8 Å². The molecule has 4 rings (SSSR count). The maximum Gasteiger partial charge on any atom is 0.271 e. The Bertz CT molecular complexity index is 1010. The van der Waals surface area contributed by atoms with E-state index in [4.69, 9.17) is 0 Å². The highest BCUT2D eigenvalue weighted by atomic mass is 19.1. The fourth-order valence-electron chi connectivity index (χ4n) is 4.16. The molecule has 7 heteroatoms. The average molecular weight is 407 g/mol. The van der Waals surface area contributed by atoms with Crippen LogP contribution in [0.2, 0.25) is 0 Å².